The lowest BCUT2D eigenvalue weighted by Gasteiger charge is -2.29. The molecule has 7 rings (SSSR count). The zero-order valence-electron chi connectivity index (χ0n) is 36.3. The topological polar surface area (TPSA) is 171 Å². The van der Waals surface area contributed by atoms with Crippen molar-refractivity contribution in [3.8, 4) is 5.75 Å². The standard InChI is InChI=1S/C48H54BrN7O7/c1-48(2)29-55(27-30-16-20-33(49)21-17-30)44-38(54(3)47(48)62)26-50-41(52-44)25-32-19-18-31(24-40(32)63-4)39(57)14-9-7-5-6-8-10-15-42(58)51-36-13-11-12-34-35(36)28-56(46(34)61)37-22-23-43(59)53-45(37)60/h11-13,16-21,24,26,37H,5-10,14-15,22-23,25,27-29H2,1-4H3,(H,51,58)(H,53,59,60). The van der Waals surface area contributed by atoms with Crippen LogP contribution in [0, 0.1) is 5.41 Å². The fourth-order valence-electron chi connectivity index (χ4n) is 8.65. The number of fused-ring (bicyclic) bond motifs is 2. The van der Waals surface area contributed by atoms with Gasteiger partial charge in [0.1, 0.15) is 23.3 Å². The van der Waals surface area contributed by atoms with Gasteiger partial charge in [-0.3, -0.25) is 34.1 Å². The summed E-state index contributed by atoms with van der Waals surface area (Å²) >= 11 is 3.52. The van der Waals surface area contributed by atoms with Crippen LogP contribution in [0.25, 0.3) is 0 Å². The first-order valence-corrected chi connectivity index (χ1v) is 22.4. The van der Waals surface area contributed by atoms with Crippen LogP contribution < -0.4 is 25.2 Å². The second-order valence-electron chi connectivity index (χ2n) is 17.3. The lowest BCUT2D eigenvalue weighted by Crippen LogP contribution is -2.52. The van der Waals surface area contributed by atoms with E-state index in [1.165, 1.54) is 4.90 Å². The number of benzene rings is 3. The van der Waals surface area contributed by atoms with E-state index in [-0.39, 0.29) is 48.8 Å². The number of amides is 5. The summed E-state index contributed by atoms with van der Waals surface area (Å²) in [5.74, 6) is 0.666. The molecular formula is C48H54BrN7O7. The average molecular weight is 921 g/mol. The molecule has 1 fully saturated rings. The number of carbonyl (C=O) groups is 6. The van der Waals surface area contributed by atoms with Crippen molar-refractivity contribution in [3.63, 3.8) is 0 Å². The summed E-state index contributed by atoms with van der Waals surface area (Å²) in [5, 5.41) is 5.27. The van der Waals surface area contributed by atoms with Crippen molar-refractivity contribution in [1.29, 1.82) is 0 Å². The molecule has 4 heterocycles. The van der Waals surface area contributed by atoms with E-state index in [0.29, 0.717) is 84.2 Å². The Kier molecular flexibility index (Phi) is 14.0. The zero-order chi connectivity index (χ0) is 44.8. The number of aromatic nitrogens is 2. The predicted octanol–water partition coefficient (Wildman–Crippen LogP) is 7.55. The third-order valence-electron chi connectivity index (χ3n) is 12.1. The molecule has 15 heteroatoms. The molecule has 5 amide bonds. The lowest BCUT2D eigenvalue weighted by molar-refractivity contribution is -0.137. The molecule has 0 saturated carbocycles. The molecule has 4 aromatic rings. The minimum absolute atomic E-state index is 0.00368. The van der Waals surface area contributed by atoms with Gasteiger partial charge in [-0.15, -0.1) is 0 Å². The van der Waals surface area contributed by atoms with Gasteiger partial charge >= 0.3 is 0 Å². The molecule has 1 saturated heterocycles. The Morgan fingerprint density at radius 2 is 1.68 bits per heavy atom. The Morgan fingerprint density at radius 3 is 2.41 bits per heavy atom. The van der Waals surface area contributed by atoms with Crippen molar-refractivity contribution in [2.75, 3.05) is 35.8 Å². The molecule has 3 aliphatic heterocycles. The molecule has 14 nitrogen and oxygen atoms in total. The first-order chi connectivity index (χ1) is 30.2. The van der Waals surface area contributed by atoms with E-state index in [1.807, 2.05) is 38.1 Å². The minimum atomic E-state index is -0.716. The van der Waals surface area contributed by atoms with Crippen molar-refractivity contribution < 1.29 is 33.5 Å². The zero-order valence-corrected chi connectivity index (χ0v) is 37.9. The second-order valence-corrected chi connectivity index (χ2v) is 18.2. The summed E-state index contributed by atoms with van der Waals surface area (Å²) in [7, 11) is 3.36. The van der Waals surface area contributed by atoms with Crippen molar-refractivity contribution in [2.45, 2.75) is 104 Å². The van der Waals surface area contributed by atoms with Crippen molar-refractivity contribution >= 4 is 68.4 Å². The van der Waals surface area contributed by atoms with Gasteiger partial charge in [-0.1, -0.05) is 71.9 Å². The highest BCUT2D eigenvalue weighted by molar-refractivity contribution is 9.10. The monoisotopic (exact) mass is 919 g/mol. The van der Waals surface area contributed by atoms with E-state index in [9.17, 15) is 28.8 Å². The number of nitrogens with one attached hydrogen (secondary N) is 2. The number of ketones is 1. The van der Waals surface area contributed by atoms with Crippen LogP contribution in [-0.4, -0.2) is 76.9 Å². The van der Waals surface area contributed by atoms with Gasteiger partial charge < -0.3 is 24.8 Å². The SMILES string of the molecule is COc1cc(C(=O)CCCCCCCCC(=O)Nc2cccc3c2CN(C2CCC(=O)NC2=O)C3=O)ccc1Cc1ncc2c(n1)N(Cc1ccc(Br)cc1)CC(C)(C)C(=O)N2C. The normalized spacial score (nSPS) is 17.0. The smallest absolute Gasteiger partial charge is 0.255 e. The van der Waals surface area contributed by atoms with Gasteiger partial charge in [0.2, 0.25) is 23.6 Å². The summed E-state index contributed by atoms with van der Waals surface area (Å²) in [6, 6.07) is 18.1. The van der Waals surface area contributed by atoms with E-state index in [1.54, 1.807) is 49.5 Å². The first kappa shape index (κ1) is 45.1. The Balaban J connectivity index is 0.860. The second kappa shape index (κ2) is 19.6. The predicted molar refractivity (Wildman–Crippen MR) is 243 cm³/mol. The Bertz CT molecular complexity index is 2420. The lowest BCUT2D eigenvalue weighted by atomic mass is 9.91. The molecule has 1 atom stereocenters. The number of imide groups is 1. The third-order valence-corrected chi connectivity index (χ3v) is 12.6. The van der Waals surface area contributed by atoms with Gasteiger partial charge in [-0.2, -0.15) is 0 Å². The van der Waals surface area contributed by atoms with E-state index < -0.39 is 17.4 Å². The number of anilines is 3. The molecule has 0 bridgehead atoms. The molecular weight excluding hydrogens is 866 g/mol. The number of piperidine rings is 1. The van der Waals surface area contributed by atoms with Crippen molar-refractivity contribution in [1.82, 2.24) is 20.2 Å². The highest BCUT2D eigenvalue weighted by Crippen LogP contribution is 2.38. The van der Waals surface area contributed by atoms with Gasteiger partial charge in [0, 0.05) is 84.8 Å². The maximum Gasteiger partial charge on any atom is 0.255 e. The van der Waals surface area contributed by atoms with E-state index in [4.69, 9.17) is 9.72 Å². The van der Waals surface area contributed by atoms with Crippen LogP contribution in [0.15, 0.2) is 71.3 Å². The quantitative estimate of drug-likeness (QED) is 0.0613. The molecule has 2 N–H and O–H groups in total. The number of hydrogen-bond donors (Lipinski definition) is 2. The number of carbonyl (C=O) groups excluding carboxylic acids is 6. The Morgan fingerprint density at radius 1 is 0.952 bits per heavy atom. The van der Waals surface area contributed by atoms with Gasteiger partial charge in [-0.25, -0.2) is 9.97 Å². The Hall–Kier alpha value is -5.96. The molecule has 0 aliphatic carbocycles. The third kappa shape index (κ3) is 10.5. The Labute approximate surface area is 376 Å². The van der Waals surface area contributed by atoms with Crippen LogP contribution in [0.2, 0.25) is 0 Å². The van der Waals surface area contributed by atoms with E-state index in [2.05, 4.69) is 48.6 Å². The molecule has 3 aliphatic rings. The molecule has 0 spiro atoms. The van der Waals surface area contributed by atoms with Crippen LogP contribution in [0.4, 0.5) is 17.2 Å². The van der Waals surface area contributed by atoms with Crippen molar-refractivity contribution in [2.24, 2.45) is 5.41 Å². The molecule has 63 heavy (non-hydrogen) atoms. The molecule has 1 unspecified atom stereocenters. The molecule has 3 aromatic carbocycles. The number of methoxy groups -OCH3 is 1. The average Bonchev–Trinajstić information content (AvgIpc) is 3.57. The molecule has 1 aromatic heterocycles. The fourth-order valence-corrected chi connectivity index (χ4v) is 8.92. The summed E-state index contributed by atoms with van der Waals surface area (Å²) in [5.41, 5.74) is 4.23. The van der Waals surface area contributed by atoms with E-state index in [0.717, 1.165) is 47.7 Å². The number of hydrogen-bond acceptors (Lipinski definition) is 10. The van der Waals surface area contributed by atoms with Gasteiger partial charge in [0.25, 0.3) is 5.91 Å². The summed E-state index contributed by atoms with van der Waals surface area (Å²) in [6.07, 6.45) is 8.43. The minimum Gasteiger partial charge on any atom is -0.496 e. The number of nitrogens with zero attached hydrogens (tertiary/aromatic N) is 5. The maximum atomic E-state index is 13.5. The van der Waals surface area contributed by atoms with Crippen LogP contribution in [0.1, 0.15) is 121 Å². The maximum absolute atomic E-state index is 13.5. The van der Waals surface area contributed by atoms with Crippen LogP contribution in [0.5, 0.6) is 5.75 Å². The number of rotatable bonds is 17. The summed E-state index contributed by atoms with van der Waals surface area (Å²) in [6.45, 7) is 5.15. The van der Waals surface area contributed by atoms with Gasteiger partial charge in [-0.05, 0) is 69.0 Å². The summed E-state index contributed by atoms with van der Waals surface area (Å²) in [4.78, 5) is 91.7. The summed E-state index contributed by atoms with van der Waals surface area (Å²) < 4.78 is 6.75. The van der Waals surface area contributed by atoms with E-state index >= 15 is 0 Å². The van der Waals surface area contributed by atoms with Crippen molar-refractivity contribution in [3.05, 3.63) is 105 Å². The number of unbranched alkanes of at least 4 members (excludes halogenated alkanes) is 5. The number of Topliss-reactive ketones (excluding diaryl/α,β-unsaturated/α-hetero) is 1. The fraction of sp³-hybridized carbons (Fsp3) is 0.417. The molecule has 0 radical (unpaired) electrons. The largest absolute Gasteiger partial charge is 0.496 e. The number of ether oxygens (including phenoxy) is 1. The highest BCUT2D eigenvalue weighted by atomic mass is 79.9. The van der Waals surface area contributed by atoms with Crippen LogP contribution >= 0.6 is 15.9 Å². The van der Waals surface area contributed by atoms with Gasteiger partial charge in [0.15, 0.2) is 11.6 Å². The highest BCUT2D eigenvalue weighted by Gasteiger charge is 2.41. The van der Waals surface area contributed by atoms with Crippen LogP contribution in [-0.2, 0) is 38.7 Å². The molecule has 330 valence electrons. The number of halogens is 1. The van der Waals surface area contributed by atoms with Crippen LogP contribution in [0.3, 0.4) is 0 Å². The van der Waals surface area contributed by atoms with Gasteiger partial charge in [0.05, 0.1) is 18.7 Å². The first-order valence-electron chi connectivity index (χ1n) is 21.6.